The van der Waals surface area contributed by atoms with Crippen LogP contribution in [0.2, 0.25) is 0 Å². The van der Waals surface area contributed by atoms with E-state index in [1.165, 1.54) is 0 Å². The molecule has 0 aliphatic carbocycles. The molecule has 3 heterocycles. The van der Waals surface area contributed by atoms with Gasteiger partial charge in [-0.05, 0) is 54.5 Å². The molecule has 0 radical (unpaired) electrons. The van der Waals surface area contributed by atoms with Crippen LogP contribution in [0.4, 0.5) is 0 Å². The molecule has 1 fully saturated rings. The van der Waals surface area contributed by atoms with E-state index in [4.69, 9.17) is 14.2 Å². The number of carbonyl (C=O) groups excluding carboxylic acids is 1. The van der Waals surface area contributed by atoms with Crippen molar-refractivity contribution < 1.29 is 34.0 Å². The number of aliphatic hydroxyl groups is 1. The Morgan fingerprint density at radius 3 is 2.73 bits per heavy atom. The maximum atomic E-state index is 13.6. The van der Waals surface area contributed by atoms with Crippen molar-refractivity contribution in [2.75, 3.05) is 46.2 Å². The highest BCUT2D eigenvalue weighted by Gasteiger charge is 2.47. The third-order valence-corrected chi connectivity index (χ3v) is 8.42. The van der Waals surface area contributed by atoms with E-state index in [1.807, 2.05) is 35.2 Å². The number of carboxylic acids is 1. The minimum absolute atomic E-state index is 0.0172. The predicted octanol–water partition coefficient (Wildman–Crippen LogP) is 3.46. The lowest BCUT2D eigenvalue weighted by Crippen LogP contribution is -2.45. The second kappa shape index (κ2) is 12.9. The van der Waals surface area contributed by atoms with E-state index in [0.29, 0.717) is 51.3 Å². The lowest BCUT2D eigenvalue weighted by atomic mass is 9.83. The second-order valence-corrected chi connectivity index (χ2v) is 10.9. The van der Waals surface area contributed by atoms with E-state index in [-0.39, 0.29) is 37.8 Å². The third kappa shape index (κ3) is 6.05. The van der Waals surface area contributed by atoms with Crippen LogP contribution < -0.4 is 14.2 Å². The van der Waals surface area contributed by atoms with Gasteiger partial charge in [-0.3, -0.25) is 14.5 Å². The number of hydrogen-bond donors (Lipinski definition) is 2. The maximum Gasteiger partial charge on any atom is 0.308 e. The van der Waals surface area contributed by atoms with Gasteiger partial charge < -0.3 is 29.3 Å². The summed E-state index contributed by atoms with van der Waals surface area (Å²) < 4.78 is 16.9. The molecule has 9 nitrogen and oxygen atoms in total. The minimum atomic E-state index is -0.845. The Hall–Kier alpha value is -3.30. The van der Waals surface area contributed by atoms with Gasteiger partial charge in [0.2, 0.25) is 12.7 Å². The molecule has 2 aromatic carbocycles. The van der Waals surface area contributed by atoms with Crippen LogP contribution in [0.1, 0.15) is 55.2 Å². The summed E-state index contributed by atoms with van der Waals surface area (Å²) in [6, 6.07) is 11.5. The Bertz CT molecular complexity index is 1190. The fourth-order valence-corrected chi connectivity index (χ4v) is 6.36. The molecular formula is C31H40N2O7. The van der Waals surface area contributed by atoms with Gasteiger partial charge in [0.15, 0.2) is 11.5 Å². The highest BCUT2D eigenvalue weighted by molar-refractivity contribution is 5.79. The maximum absolute atomic E-state index is 13.6. The Labute approximate surface area is 235 Å². The summed E-state index contributed by atoms with van der Waals surface area (Å²) in [7, 11) is 0. The smallest absolute Gasteiger partial charge is 0.308 e. The largest absolute Gasteiger partial charge is 0.493 e. The second-order valence-electron chi connectivity index (χ2n) is 10.9. The van der Waals surface area contributed by atoms with Gasteiger partial charge in [-0.1, -0.05) is 37.6 Å². The fourth-order valence-electron chi connectivity index (χ4n) is 6.36. The molecule has 3 aliphatic rings. The molecule has 2 aromatic rings. The number of hydrogen-bond acceptors (Lipinski definition) is 7. The van der Waals surface area contributed by atoms with E-state index < -0.39 is 11.9 Å². The number of aliphatic hydroxyl groups excluding tert-OH is 1. The van der Waals surface area contributed by atoms with Crippen molar-refractivity contribution in [1.29, 1.82) is 0 Å². The number of likely N-dealkylation sites (tertiary alicyclic amines) is 1. The number of amides is 1. The molecule has 5 rings (SSSR count). The van der Waals surface area contributed by atoms with Crippen molar-refractivity contribution in [2.45, 2.75) is 57.4 Å². The Morgan fingerprint density at radius 2 is 1.93 bits per heavy atom. The van der Waals surface area contributed by atoms with Crippen molar-refractivity contribution in [1.82, 2.24) is 9.80 Å². The van der Waals surface area contributed by atoms with Gasteiger partial charge in [-0.2, -0.15) is 0 Å². The van der Waals surface area contributed by atoms with Gasteiger partial charge in [0.1, 0.15) is 5.75 Å². The van der Waals surface area contributed by atoms with Gasteiger partial charge in [0.05, 0.1) is 19.1 Å². The number of nitrogens with zero attached hydrogens (tertiary/aromatic N) is 2. The Kier molecular flexibility index (Phi) is 9.11. The zero-order chi connectivity index (χ0) is 28.1. The third-order valence-electron chi connectivity index (χ3n) is 8.42. The minimum Gasteiger partial charge on any atom is -0.493 e. The van der Waals surface area contributed by atoms with Crippen LogP contribution in [0.25, 0.3) is 0 Å². The summed E-state index contributed by atoms with van der Waals surface area (Å²) in [5, 5.41) is 19.9. The SMILES string of the molecule is CCCCN(CCCO)C(=O)CN1C[C@H](c2ccc3c(c2)CCO3)[C@@H](C(=O)O)[C@@H]1CCc1cccc2c1OCO2. The number of benzene rings is 2. The normalized spacial score (nSPS) is 21.3. The molecule has 0 aromatic heterocycles. The average molecular weight is 553 g/mol. The topological polar surface area (TPSA) is 109 Å². The van der Waals surface area contributed by atoms with Crippen LogP contribution in [-0.2, 0) is 22.4 Å². The number of aliphatic carboxylic acids is 1. The van der Waals surface area contributed by atoms with Crippen molar-refractivity contribution in [3.05, 3.63) is 53.1 Å². The zero-order valence-corrected chi connectivity index (χ0v) is 23.2. The van der Waals surface area contributed by atoms with Crippen LogP contribution in [0.5, 0.6) is 17.2 Å². The number of aryl methyl sites for hydroxylation is 1. The zero-order valence-electron chi connectivity index (χ0n) is 23.2. The molecule has 9 heteroatoms. The first-order chi connectivity index (χ1) is 19.5. The van der Waals surface area contributed by atoms with Crippen molar-refractivity contribution in [3.63, 3.8) is 0 Å². The molecule has 3 aliphatic heterocycles. The van der Waals surface area contributed by atoms with Crippen LogP contribution in [0.15, 0.2) is 36.4 Å². The van der Waals surface area contributed by atoms with E-state index in [1.54, 1.807) is 0 Å². The van der Waals surface area contributed by atoms with Crippen molar-refractivity contribution >= 4 is 11.9 Å². The summed E-state index contributed by atoms with van der Waals surface area (Å²) in [5.41, 5.74) is 3.08. The first-order valence-corrected chi connectivity index (χ1v) is 14.5. The van der Waals surface area contributed by atoms with E-state index in [9.17, 15) is 19.8 Å². The molecule has 0 unspecified atom stereocenters. The molecule has 1 amide bonds. The predicted molar refractivity (Wildman–Crippen MR) is 149 cm³/mol. The van der Waals surface area contributed by atoms with Crippen molar-refractivity contribution in [2.24, 2.45) is 5.92 Å². The molecule has 40 heavy (non-hydrogen) atoms. The Balaban J connectivity index is 1.41. The number of carboxylic acid groups (broad SMARTS) is 1. The molecule has 216 valence electrons. The molecule has 0 spiro atoms. The molecule has 3 atom stereocenters. The van der Waals surface area contributed by atoms with E-state index in [2.05, 4.69) is 17.9 Å². The highest BCUT2D eigenvalue weighted by atomic mass is 16.7. The van der Waals surface area contributed by atoms with Crippen LogP contribution in [0, 0.1) is 5.92 Å². The number of ether oxygens (including phenoxy) is 3. The molecule has 0 bridgehead atoms. The monoisotopic (exact) mass is 552 g/mol. The number of unbranched alkanes of at least 4 members (excludes halogenated alkanes) is 1. The summed E-state index contributed by atoms with van der Waals surface area (Å²) in [5.74, 6) is 0.527. The van der Waals surface area contributed by atoms with Gasteiger partial charge in [-0.25, -0.2) is 0 Å². The molecule has 2 N–H and O–H groups in total. The highest BCUT2D eigenvalue weighted by Crippen LogP contribution is 2.42. The standard InChI is InChI=1S/C31H40N2O7/c1-2-3-13-32(14-5-15-34)28(35)19-33-18-24(22-9-11-26-23(17-22)12-16-38-26)29(31(36)37)25(33)10-8-21-6-4-7-27-30(21)40-20-39-27/h4,6-7,9,11,17,24-25,29,34H,2-3,5,8,10,12-16,18-20H2,1H3,(H,36,37)/t24-,25+,29-/m1/s1. The average Bonchev–Trinajstić information content (AvgIpc) is 3.70. The van der Waals surface area contributed by atoms with Crippen LogP contribution >= 0.6 is 0 Å². The van der Waals surface area contributed by atoms with E-state index >= 15 is 0 Å². The lowest BCUT2D eigenvalue weighted by molar-refractivity contribution is -0.143. The Morgan fingerprint density at radius 1 is 1.07 bits per heavy atom. The first-order valence-electron chi connectivity index (χ1n) is 14.5. The van der Waals surface area contributed by atoms with Gasteiger partial charge in [0.25, 0.3) is 0 Å². The lowest BCUT2D eigenvalue weighted by Gasteiger charge is -2.30. The quantitative estimate of drug-likeness (QED) is 0.389. The molecule has 1 saturated heterocycles. The summed E-state index contributed by atoms with van der Waals surface area (Å²) in [6.07, 6.45) is 4.38. The molecule has 0 saturated carbocycles. The van der Waals surface area contributed by atoms with Gasteiger partial charge >= 0.3 is 5.97 Å². The summed E-state index contributed by atoms with van der Waals surface area (Å²) in [6.45, 7) is 4.71. The number of para-hydroxylation sites is 1. The van der Waals surface area contributed by atoms with Crippen molar-refractivity contribution in [3.8, 4) is 17.2 Å². The summed E-state index contributed by atoms with van der Waals surface area (Å²) in [4.78, 5) is 30.3. The summed E-state index contributed by atoms with van der Waals surface area (Å²) >= 11 is 0. The number of fused-ring (bicyclic) bond motifs is 2. The number of carbonyl (C=O) groups is 2. The number of rotatable bonds is 13. The molecular weight excluding hydrogens is 512 g/mol. The van der Waals surface area contributed by atoms with Crippen LogP contribution in [0.3, 0.4) is 0 Å². The fraction of sp³-hybridized carbons (Fsp3) is 0.548. The van der Waals surface area contributed by atoms with E-state index in [0.717, 1.165) is 47.5 Å². The van der Waals surface area contributed by atoms with Gasteiger partial charge in [-0.15, -0.1) is 0 Å². The van der Waals surface area contributed by atoms with Crippen LogP contribution in [-0.4, -0.2) is 84.1 Å². The first kappa shape index (κ1) is 28.2. The van der Waals surface area contributed by atoms with Gasteiger partial charge in [0, 0.05) is 44.6 Å².